The Kier molecular flexibility index (Phi) is 17.9. The first-order valence-corrected chi connectivity index (χ1v) is 24.8. The zero-order valence-electron chi connectivity index (χ0n) is 39.7. The Morgan fingerprint density at radius 1 is 1.10 bits per heavy atom. The molecule has 4 heterocycles. The monoisotopic (exact) mass is 994 g/mol. The molecule has 21 heteroatoms. The number of halogens is 1. The number of benzene rings is 1. The van der Waals surface area contributed by atoms with Gasteiger partial charge in [-0.3, -0.25) is 24.5 Å². The van der Waals surface area contributed by atoms with E-state index in [1.54, 1.807) is 56.0 Å². The first-order chi connectivity index (χ1) is 31.4. The fraction of sp³-hybridized carbons (Fsp3) is 0.630. The zero-order valence-corrected chi connectivity index (χ0v) is 42.1. The van der Waals surface area contributed by atoms with Gasteiger partial charge in [0, 0.05) is 69.7 Å². The van der Waals surface area contributed by atoms with Gasteiger partial charge >= 0.3 is 18.0 Å². The Hall–Kier alpha value is -4.34. The van der Waals surface area contributed by atoms with Crippen molar-refractivity contribution in [1.29, 1.82) is 0 Å². The lowest BCUT2D eigenvalue weighted by molar-refractivity contribution is -0.197. The number of methoxy groups -OCH3 is 2. The van der Waals surface area contributed by atoms with Crippen LogP contribution in [0.4, 0.5) is 10.5 Å². The van der Waals surface area contributed by atoms with Crippen LogP contribution in [0, 0.1) is 5.92 Å². The van der Waals surface area contributed by atoms with Crippen LogP contribution >= 0.6 is 33.2 Å². The summed E-state index contributed by atoms with van der Waals surface area (Å²) in [6, 6.07) is 2.48. The largest absolute Gasteiger partial charge is 0.495 e. The maximum atomic E-state index is 14.3. The molecule has 4 aliphatic rings. The van der Waals surface area contributed by atoms with Crippen LogP contribution in [0.3, 0.4) is 0 Å². The summed E-state index contributed by atoms with van der Waals surface area (Å²) in [6.07, 6.45) is 1.65. The summed E-state index contributed by atoms with van der Waals surface area (Å²) < 4.78 is 29.1. The zero-order chi connectivity index (χ0) is 49.6. The number of carbonyl (C=O) groups is 7. The van der Waals surface area contributed by atoms with E-state index in [4.69, 9.17) is 40.1 Å². The molecule has 2 N–H and O–H groups in total. The highest BCUT2D eigenvalue weighted by Crippen LogP contribution is 2.49. The van der Waals surface area contributed by atoms with Gasteiger partial charge in [-0.2, -0.15) is 0 Å². The molecule has 0 radical (unpaired) electrons. The summed E-state index contributed by atoms with van der Waals surface area (Å²) >= 11 is 6.81. The molecule has 1 aromatic rings. The molecular formula is C46H63ClN4O14S2. The molecule has 8 atom stereocenters. The number of nitrogens with zero attached hydrogens (tertiary/aromatic N) is 3. The Morgan fingerprint density at radius 3 is 2.45 bits per heavy atom. The van der Waals surface area contributed by atoms with Crippen molar-refractivity contribution < 1.29 is 67.2 Å². The van der Waals surface area contributed by atoms with Gasteiger partial charge in [0.05, 0.1) is 25.3 Å². The number of fused-ring (bicyclic) bond motifs is 5. The molecule has 18 nitrogen and oxygen atoms in total. The average molecular weight is 996 g/mol. The number of rotatable bonds is 15. The number of esters is 1. The van der Waals surface area contributed by atoms with E-state index in [0.29, 0.717) is 41.5 Å². The first kappa shape index (κ1) is 53.6. The minimum absolute atomic E-state index is 0.0240. The molecule has 3 saturated heterocycles. The van der Waals surface area contributed by atoms with Crippen molar-refractivity contribution in [3.05, 3.63) is 46.5 Å². The highest BCUT2D eigenvalue weighted by Gasteiger charge is 2.64. The van der Waals surface area contributed by atoms with Crippen molar-refractivity contribution in [3.63, 3.8) is 0 Å². The van der Waals surface area contributed by atoms with Gasteiger partial charge in [-0.25, -0.2) is 14.4 Å². The standard InChI is InChI=1S/C46H63ClN4O14S2/c1-26-13-11-14-33(61-10)46(59)25-32(62-43(58)48-46)27(2)41-45(6,64-41)34(24-38(55)50(8)30-22-29(21-26)23-31(60-9)40(30)47)63-42(57)28(3)49(7)35(52)18-19-44(4,5)67-66-20-12-15-39(56)65-51-36(53)16-17-37(51)54/h11,13-14,22-23,27-28,32-34,41,59H,12,15-21,24-25H2,1-10H3,(H,48,58). The number of hydroxylamine groups is 2. The van der Waals surface area contributed by atoms with Crippen LogP contribution in [0.15, 0.2) is 35.9 Å². The van der Waals surface area contributed by atoms with Crippen LogP contribution in [-0.4, -0.2) is 137 Å². The van der Waals surface area contributed by atoms with E-state index in [1.165, 1.54) is 48.8 Å². The quantitative estimate of drug-likeness (QED) is 0.0693. The summed E-state index contributed by atoms with van der Waals surface area (Å²) in [5.74, 6) is -2.94. The van der Waals surface area contributed by atoms with E-state index in [2.05, 4.69) is 5.32 Å². The van der Waals surface area contributed by atoms with Crippen LogP contribution in [0.5, 0.6) is 5.75 Å². The lowest BCUT2D eigenvalue weighted by Gasteiger charge is -2.42. The molecule has 0 saturated carbocycles. The topological polar surface area (TPSA) is 220 Å². The first-order valence-electron chi connectivity index (χ1n) is 22.2. The summed E-state index contributed by atoms with van der Waals surface area (Å²) in [5, 5.41) is 15.1. The number of likely N-dealkylation sites (N-methyl/N-ethyl adjacent to an activating group) is 1. The minimum atomic E-state index is -1.86. The van der Waals surface area contributed by atoms with Crippen molar-refractivity contribution in [1.82, 2.24) is 15.3 Å². The molecule has 3 fully saturated rings. The SMILES string of the molecule is COc1cc2cc(c1Cl)N(C)C(=O)CC(OC(=O)C(C)N(C)C(=O)CCC(C)(C)SSCCCC(=O)ON1C(=O)CCC1=O)C1(C)OC1C(C)C1CC(O)(NC(=O)O1)C(OC)C=CC=C(C)C2. The van der Waals surface area contributed by atoms with E-state index in [9.17, 15) is 38.7 Å². The van der Waals surface area contributed by atoms with Crippen LogP contribution in [0.1, 0.15) is 98.5 Å². The van der Waals surface area contributed by atoms with E-state index in [1.807, 2.05) is 26.8 Å². The number of aliphatic hydroxyl groups is 1. The van der Waals surface area contributed by atoms with Crippen molar-refractivity contribution in [2.24, 2.45) is 5.92 Å². The van der Waals surface area contributed by atoms with Crippen molar-refractivity contribution >= 4 is 80.5 Å². The Bertz CT molecular complexity index is 2120. The number of amides is 5. The van der Waals surface area contributed by atoms with E-state index >= 15 is 0 Å². The van der Waals surface area contributed by atoms with Crippen LogP contribution < -0.4 is 15.0 Å². The van der Waals surface area contributed by atoms with Gasteiger partial charge in [0.1, 0.15) is 40.7 Å². The highest BCUT2D eigenvalue weighted by atomic mass is 35.5. The van der Waals surface area contributed by atoms with Crippen molar-refractivity contribution in [2.75, 3.05) is 39.0 Å². The summed E-state index contributed by atoms with van der Waals surface area (Å²) in [5.41, 5.74) is -1.09. The fourth-order valence-electron chi connectivity index (χ4n) is 8.13. The molecule has 8 unspecified atom stereocenters. The Balaban J connectivity index is 1.28. The maximum absolute atomic E-state index is 14.3. The predicted octanol–water partition coefficient (Wildman–Crippen LogP) is 5.84. The number of hydrogen-bond acceptors (Lipinski definition) is 16. The molecule has 67 heavy (non-hydrogen) atoms. The highest BCUT2D eigenvalue weighted by molar-refractivity contribution is 8.77. The van der Waals surface area contributed by atoms with Crippen LogP contribution in [0.2, 0.25) is 5.02 Å². The second-order valence-corrected chi connectivity index (χ2v) is 21.7. The van der Waals surface area contributed by atoms with E-state index in [-0.39, 0.29) is 54.2 Å². The molecule has 0 aromatic heterocycles. The molecule has 4 aliphatic heterocycles. The fourth-order valence-corrected chi connectivity index (χ4v) is 11.1. The molecule has 4 bridgehead atoms. The number of nitrogens with one attached hydrogen (secondary N) is 1. The smallest absolute Gasteiger partial charge is 0.409 e. The van der Waals surface area contributed by atoms with Gasteiger partial charge in [0.15, 0.2) is 5.72 Å². The molecular weight excluding hydrogens is 932 g/mol. The molecule has 370 valence electrons. The Morgan fingerprint density at radius 2 is 1.79 bits per heavy atom. The average Bonchev–Trinajstić information content (AvgIpc) is 3.88. The summed E-state index contributed by atoms with van der Waals surface area (Å²) in [4.78, 5) is 98.1. The summed E-state index contributed by atoms with van der Waals surface area (Å²) in [7, 11) is 9.02. The van der Waals surface area contributed by atoms with Gasteiger partial charge in [-0.05, 0) is 71.6 Å². The lowest BCUT2D eigenvalue weighted by atomic mass is 9.83. The van der Waals surface area contributed by atoms with Crippen molar-refractivity contribution in [3.8, 4) is 5.75 Å². The number of carbonyl (C=O) groups excluding carboxylic acids is 7. The second-order valence-electron chi connectivity index (χ2n) is 18.2. The number of imide groups is 1. The summed E-state index contributed by atoms with van der Waals surface area (Å²) in [6.45, 7) is 10.9. The third kappa shape index (κ3) is 13.3. The molecule has 0 aliphatic carbocycles. The van der Waals surface area contributed by atoms with Crippen molar-refractivity contribution in [2.45, 2.75) is 146 Å². The maximum Gasteiger partial charge on any atom is 0.409 e. The van der Waals surface area contributed by atoms with Gasteiger partial charge < -0.3 is 43.4 Å². The number of alkyl carbamates (subject to hydrolysis) is 1. The van der Waals surface area contributed by atoms with Gasteiger partial charge in [-0.15, -0.1) is 5.06 Å². The van der Waals surface area contributed by atoms with Gasteiger partial charge in [-0.1, -0.05) is 63.9 Å². The van der Waals surface area contributed by atoms with Gasteiger partial charge in [0.2, 0.25) is 11.8 Å². The molecule has 0 spiro atoms. The van der Waals surface area contributed by atoms with Gasteiger partial charge in [0.25, 0.3) is 11.8 Å². The van der Waals surface area contributed by atoms with E-state index < -0.39 is 83.5 Å². The lowest BCUT2D eigenvalue weighted by Crippen LogP contribution is -2.63. The van der Waals surface area contributed by atoms with Crippen LogP contribution in [-0.2, 0) is 59.0 Å². The van der Waals surface area contributed by atoms with Crippen LogP contribution in [0.25, 0.3) is 0 Å². The predicted molar refractivity (Wildman–Crippen MR) is 251 cm³/mol. The minimum Gasteiger partial charge on any atom is -0.495 e. The Labute approximate surface area is 404 Å². The number of ether oxygens (including phenoxy) is 5. The molecule has 1 aromatic carbocycles. The number of epoxide rings is 1. The number of hydrogen-bond donors (Lipinski definition) is 2. The third-order valence-electron chi connectivity index (χ3n) is 12.6. The normalized spacial score (nSPS) is 27.3. The second kappa shape index (κ2) is 22.4. The number of anilines is 1. The third-order valence-corrected chi connectivity index (χ3v) is 16.4. The molecule has 5 amide bonds. The molecule has 5 rings (SSSR count). The van der Waals surface area contributed by atoms with E-state index in [0.717, 1.165) is 11.1 Å². The number of allylic oxidation sites excluding steroid dienone is 3.